The van der Waals surface area contributed by atoms with Gasteiger partial charge in [-0.25, -0.2) is 9.97 Å². The monoisotopic (exact) mass is 242 g/mol. The van der Waals surface area contributed by atoms with Crippen molar-refractivity contribution >= 4 is 5.82 Å². The fourth-order valence-corrected chi connectivity index (χ4v) is 1.84. The van der Waals surface area contributed by atoms with Gasteiger partial charge in [0.05, 0.1) is 0 Å². The minimum absolute atomic E-state index is 0.897. The molecule has 94 valence electrons. The van der Waals surface area contributed by atoms with Gasteiger partial charge in [-0.3, -0.25) is 4.98 Å². The van der Waals surface area contributed by atoms with Crippen molar-refractivity contribution in [1.82, 2.24) is 15.0 Å². The predicted octanol–water partition coefficient (Wildman–Crippen LogP) is 2.17. The number of nitrogens with zero attached hydrogens (tertiary/aromatic N) is 4. The third-order valence-electron chi connectivity index (χ3n) is 3.10. The Balaban J connectivity index is 2.04. The molecule has 0 bridgehead atoms. The van der Waals surface area contributed by atoms with E-state index in [1.807, 2.05) is 31.3 Å². The van der Waals surface area contributed by atoms with Gasteiger partial charge in [0.1, 0.15) is 12.1 Å². The number of anilines is 1. The van der Waals surface area contributed by atoms with Crippen molar-refractivity contribution in [3.05, 3.63) is 47.7 Å². The third kappa shape index (κ3) is 2.83. The zero-order chi connectivity index (χ0) is 13.0. The van der Waals surface area contributed by atoms with Crippen LogP contribution in [0, 0.1) is 13.8 Å². The summed E-state index contributed by atoms with van der Waals surface area (Å²) in [5, 5.41) is 0. The fourth-order valence-electron chi connectivity index (χ4n) is 1.84. The van der Waals surface area contributed by atoms with Crippen LogP contribution in [-0.4, -0.2) is 28.5 Å². The van der Waals surface area contributed by atoms with Gasteiger partial charge in [-0.1, -0.05) is 6.07 Å². The lowest BCUT2D eigenvalue weighted by atomic mass is 10.2. The lowest BCUT2D eigenvalue weighted by molar-refractivity contribution is 0.828. The second-order valence-electron chi connectivity index (χ2n) is 4.40. The standard InChI is InChI=1S/C14H18N4/c1-11-12(2)16-10-17-14(11)18(3)9-7-13-6-4-5-8-15-13/h4-6,8,10H,7,9H2,1-3H3. The smallest absolute Gasteiger partial charge is 0.134 e. The normalized spacial score (nSPS) is 10.4. The molecule has 0 spiro atoms. The lowest BCUT2D eigenvalue weighted by Crippen LogP contribution is -2.23. The highest BCUT2D eigenvalue weighted by molar-refractivity contribution is 5.46. The van der Waals surface area contributed by atoms with Gasteiger partial charge >= 0.3 is 0 Å². The summed E-state index contributed by atoms with van der Waals surface area (Å²) in [6.45, 7) is 4.96. The maximum Gasteiger partial charge on any atom is 0.134 e. The molecule has 0 radical (unpaired) electrons. The third-order valence-corrected chi connectivity index (χ3v) is 3.10. The van der Waals surface area contributed by atoms with Gasteiger partial charge < -0.3 is 4.90 Å². The van der Waals surface area contributed by atoms with E-state index in [0.29, 0.717) is 0 Å². The van der Waals surface area contributed by atoms with E-state index in [1.165, 1.54) is 0 Å². The predicted molar refractivity (Wildman–Crippen MR) is 72.7 cm³/mol. The zero-order valence-electron chi connectivity index (χ0n) is 11.1. The molecule has 0 aliphatic rings. The van der Waals surface area contributed by atoms with E-state index in [0.717, 1.165) is 35.7 Å². The summed E-state index contributed by atoms with van der Waals surface area (Å²) in [6.07, 6.45) is 4.37. The lowest BCUT2D eigenvalue weighted by Gasteiger charge is -2.20. The van der Waals surface area contributed by atoms with Gasteiger partial charge in [-0.2, -0.15) is 0 Å². The number of hydrogen-bond donors (Lipinski definition) is 0. The molecule has 0 fully saturated rings. The summed E-state index contributed by atoms with van der Waals surface area (Å²) < 4.78 is 0. The molecule has 18 heavy (non-hydrogen) atoms. The summed E-state index contributed by atoms with van der Waals surface area (Å²) in [7, 11) is 2.05. The molecule has 0 saturated carbocycles. The molecule has 2 rings (SSSR count). The van der Waals surface area contributed by atoms with Crippen LogP contribution in [0.2, 0.25) is 0 Å². The Bertz CT molecular complexity index is 510. The molecule has 0 amide bonds. The van der Waals surface area contributed by atoms with E-state index in [4.69, 9.17) is 0 Å². The molecular formula is C14H18N4. The number of likely N-dealkylation sites (N-methyl/N-ethyl adjacent to an activating group) is 1. The summed E-state index contributed by atoms with van der Waals surface area (Å²) >= 11 is 0. The Morgan fingerprint density at radius 3 is 2.67 bits per heavy atom. The summed E-state index contributed by atoms with van der Waals surface area (Å²) in [4.78, 5) is 15.0. The molecule has 0 N–H and O–H groups in total. The Hall–Kier alpha value is -1.97. The van der Waals surface area contributed by atoms with Crippen molar-refractivity contribution in [2.75, 3.05) is 18.5 Å². The molecule has 0 aromatic carbocycles. The van der Waals surface area contributed by atoms with Crippen LogP contribution in [0.4, 0.5) is 5.82 Å². The first-order valence-electron chi connectivity index (χ1n) is 6.07. The van der Waals surface area contributed by atoms with E-state index >= 15 is 0 Å². The van der Waals surface area contributed by atoms with Gasteiger partial charge in [0.15, 0.2) is 0 Å². The van der Waals surface area contributed by atoms with Crippen LogP contribution in [0.15, 0.2) is 30.7 Å². The van der Waals surface area contributed by atoms with E-state index in [9.17, 15) is 0 Å². The Morgan fingerprint density at radius 1 is 1.11 bits per heavy atom. The molecular weight excluding hydrogens is 224 g/mol. The number of rotatable bonds is 4. The molecule has 0 aliphatic heterocycles. The van der Waals surface area contributed by atoms with Crippen LogP contribution in [0.3, 0.4) is 0 Å². The molecule has 4 heteroatoms. The molecule has 0 unspecified atom stereocenters. The Kier molecular flexibility index (Phi) is 3.87. The number of aryl methyl sites for hydroxylation is 1. The van der Waals surface area contributed by atoms with Crippen LogP contribution < -0.4 is 4.90 Å². The fraction of sp³-hybridized carbons (Fsp3) is 0.357. The van der Waals surface area contributed by atoms with Gasteiger partial charge in [0, 0.05) is 43.2 Å². The summed E-state index contributed by atoms with van der Waals surface area (Å²) in [5.41, 5.74) is 3.28. The van der Waals surface area contributed by atoms with E-state index < -0.39 is 0 Å². The Morgan fingerprint density at radius 2 is 1.94 bits per heavy atom. The first-order chi connectivity index (χ1) is 8.68. The average molecular weight is 242 g/mol. The van der Waals surface area contributed by atoms with Crippen molar-refractivity contribution < 1.29 is 0 Å². The molecule has 0 aliphatic carbocycles. The van der Waals surface area contributed by atoms with Crippen LogP contribution in [0.5, 0.6) is 0 Å². The van der Waals surface area contributed by atoms with Crippen molar-refractivity contribution in [1.29, 1.82) is 0 Å². The maximum atomic E-state index is 4.35. The first-order valence-corrected chi connectivity index (χ1v) is 6.07. The van der Waals surface area contributed by atoms with Crippen molar-refractivity contribution in [3.63, 3.8) is 0 Å². The van der Waals surface area contributed by atoms with Crippen LogP contribution >= 0.6 is 0 Å². The average Bonchev–Trinajstić information content (AvgIpc) is 2.40. The molecule has 2 heterocycles. The second kappa shape index (κ2) is 5.58. The molecule has 4 nitrogen and oxygen atoms in total. The van der Waals surface area contributed by atoms with Crippen LogP contribution in [-0.2, 0) is 6.42 Å². The van der Waals surface area contributed by atoms with E-state index in [-0.39, 0.29) is 0 Å². The molecule has 2 aromatic heterocycles. The molecule has 0 atom stereocenters. The Labute approximate surface area is 108 Å². The maximum absolute atomic E-state index is 4.35. The quantitative estimate of drug-likeness (QED) is 0.824. The molecule has 0 saturated heterocycles. The van der Waals surface area contributed by atoms with Crippen molar-refractivity contribution in [2.24, 2.45) is 0 Å². The zero-order valence-corrected chi connectivity index (χ0v) is 11.1. The van der Waals surface area contributed by atoms with Crippen LogP contribution in [0.25, 0.3) is 0 Å². The van der Waals surface area contributed by atoms with E-state index in [1.54, 1.807) is 6.33 Å². The minimum Gasteiger partial charge on any atom is -0.359 e. The number of pyridine rings is 1. The van der Waals surface area contributed by atoms with Crippen LogP contribution in [0.1, 0.15) is 17.0 Å². The minimum atomic E-state index is 0.897. The van der Waals surface area contributed by atoms with E-state index in [2.05, 4.69) is 33.8 Å². The highest BCUT2D eigenvalue weighted by Crippen LogP contribution is 2.16. The highest BCUT2D eigenvalue weighted by Gasteiger charge is 2.08. The summed E-state index contributed by atoms with van der Waals surface area (Å²) in [6, 6.07) is 6.00. The van der Waals surface area contributed by atoms with Crippen molar-refractivity contribution in [3.8, 4) is 0 Å². The topological polar surface area (TPSA) is 41.9 Å². The summed E-state index contributed by atoms with van der Waals surface area (Å²) in [5.74, 6) is 0.999. The van der Waals surface area contributed by atoms with Gasteiger partial charge in [0.25, 0.3) is 0 Å². The second-order valence-corrected chi connectivity index (χ2v) is 4.40. The number of hydrogen-bond acceptors (Lipinski definition) is 4. The van der Waals surface area contributed by atoms with Gasteiger partial charge in [0.2, 0.25) is 0 Å². The molecule has 2 aromatic rings. The van der Waals surface area contributed by atoms with Gasteiger partial charge in [-0.05, 0) is 26.0 Å². The largest absolute Gasteiger partial charge is 0.359 e. The number of aromatic nitrogens is 3. The van der Waals surface area contributed by atoms with Gasteiger partial charge in [-0.15, -0.1) is 0 Å². The first kappa shape index (κ1) is 12.5. The SMILES string of the molecule is Cc1ncnc(N(C)CCc2ccccn2)c1C. The highest BCUT2D eigenvalue weighted by atomic mass is 15.2. The van der Waals surface area contributed by atoms with Crippen molar-refractivity contribution in [2.45, 2.75) is 20.3 Å².